The second-order valence-electron chi connectivity index (χ2n) is 7.40. The molecule has 32 heavy (non-hydrogen) atoms. The summed E-state index contributed by atoms with van der Waals surface area (Å²) < 4.78 is 33.6. The summed E-state index contributed by atoms with van der Waals surface area (Å²) in [6.45, 7) is 3.59. The number of halogens is 2. The van der Waals surface area contributed by atoms with E-state index in [4.69, 9.17) is 4.42 Å². The van der Waals surface area contributed by atoms with Crippen molar-refractivity contribution in [1.29, 1.82) is 0 Å². The van der Waals surface area contributed by atoms with Crippen molar-refractivity contribution in [3.05, 3.63) is 93.4 Å². The Morgan fingerprint density at radius 1 is 1.16 bits per heavy atom. The second-order valence-corrected chi connectivity index (χ2v) is 7.40. The molecule has 0 spiro atoms. The molecule has 0 saturated heterocycles. The largest absolute Gasteiger partial charge is 0.476 e. The van der Waals surface area contributed by atoms with Crippen molar-refractivity contribution in [3.8, 4) is 11.3 Å². The zero-order valence-electron chi connectivity index (χ0n) is 17.1. The molecule has 0 bridgehead atoms. The van der Waals surface area contributed by atoms with Gasteiger partial charge in [0.05, 0.1) is 22.7 Å². The second kappa shape index (κ2) is 8.22. The zero-order valence-corrected chi connectivity index (χ0v) is 17.1. The van der Waals surface area contributed by atoms with Crippen molar-refractivity contribution in [2.45, 2.75) is 19.9 Å². The lowest BCUT2D eigenvalue weighted by molar-refractivity contribution is 0.0691. The van der Waals surface area contributed by atoms with Gasteiger partial charge >= 0.3 is 5.97 Å². The maximum Gasteiger partial charge on any atom is 0.356 e. The minimum absolute atomic E-state index is 0.0371. The Balaban J connectivity index is 1.87. The Morgan fingerprint density at radius 3 is 2.66 bits per heavy atom. The van der Waals surface area contributed by atoms with Gasteiger partial charge in [0.15, 0.2) is 11.1 Å². The summed E-state index contributed by atoms with van der Waals surface area (Å²) in [5.74, 6) is -2.82. The number of carboxylic acid groups (broad SMARTS) is 1. The number of benzene rings is 2. The van der Waals surface area contributed by atoms with Gasteiger partial charge in [-0.3, -0.25) is 4.79 Å². The molecule has 4 aromatic rings. The summed E-state index contributed by atoms with van der Waals surface area (Å²) in [6.07, 6.45) is 1.38. The molecule has 4 rings (SSSR count). The van der Waals surface area contributed by atoms with E-state index < -0.39 is 23.6 Å². The molecular weight excluding hydrogens is 418 g/mol. The van der Waals surface area contributed by atoms with Crippen molar-refractivity contribution >= 4 is 22.6 Å². The van der Waals surface area contributed by atoms with Gasteiger partial charge in [0.1, 0.15) is 23.0 Å². The minimum Gasteiger partial charge on any atom is -0.476 e. The van der Waals surface area contributed by atoms with Crippen molar-refractivity contribution in [2.75, 3.05) is 5.32 Å². The molecule has 1 atom stereocenters. The number of aromatic nitrogens is 1. The van der Waals surface area contributed by atoms with Crippen molar-refractivity contribution < 1.29 is 23.1 Å². The van der Waals surface area contributed by atoms with Crippen LogP contribution in [0.25, 0.3) is 22.3 Å². The molecule has 0 saturated carbocycles. The zero-order chi connectivity index (χ0) is 23.0. The number of hydrogen-bond acceptors (Lipinski definition) is 5. The highest BCUT2D eigenvalue weighted by Gasteiger charge is 2.19. The quantitative estimate of drug-likeness (QED) is 0.440. The number of anilines is 1. The first-order valence-corrected chi connectivity index (χ1v) is 9.73. The molecule has 0 unspecified atom stereocenters. The van der Waals surface area contributed by atoms with E-state index in [1.165, 1.54) is 18.3 Å². The van der Waals surface area contributed by atoms with Crippen LogP contribution in [0.2, 0.25) is 0 Å². The third-order valence-corrected chi connectivity index (χ3v) is 5.05. The summed E-state index contributed by atoms with van der Waals surface area (Å²) in [7, 11) is 0. The highest BCUT2D eigenvalue weighted by Crippen LogP contribution is 2.31. The lowest BCUT2D eigenvalue weighted by Crippen LogP contribution is -2.13. The van der Waals surface area contributed by atoms with E-state index in [1.54, 1.807) is 31.2 Å². The molecule has 6 nitrogen and oxygen atoms in total. The van der Waals surface area contributed by atoms with E-state index >= 15 is 0 Å². The number of carbonyl (C=O) groups is 1. The number of aromatic carboxylic acids is 1. The molecule has 2 N–H and O–H groups in total. The van der Waals surface area contributed by atoms with Crippen LogP contribution in [0, 0.1) is 18.6 Å². The third kappa shape index (κ3) is 3.94. The molecule has 2 aromatic carbocycles. The van der Waals surface area contributed by atoms with Crippen LogP contribution in [0.4, 0.5) is 14.5 Å². The van der Waals surface area contributed by atoms with E-state index in [-0.39, 0.29) is 28.0 Å². The van der Waals surface area contributed by atoms with Crippen LogP contribution in [0.3, 0.4) is 0 Å². The Labute approximate surface area is 181 Å². The van der Waals surface area contributed by atoms with E-state index in [0.717, 1.165) is 17.7 Å². The maximum atomic E-state index is 14.3. The first-order chi connectivity index (χ1) is 15.2. The molecular formula is C24H18F2N2O4. The van der Waals surface area contributed by atoms with Crippen LogP contribution in [0.1, 0.15) is 34.6 Å². The fourth-order valence-corrected chi connectivity index (χ4v) is 3.58. The summed E-state index contributed by atoms with van der Waals surface area (Å²) in [5, 5.41) is 12.8. The molecule has 2 aromatic heterocycles. The molecule has 0 amide bonds. The summed E-state index contributed by atoms with van der Waals surface area (Å²) in [6, 6.07) is 10.3. The lowest BCUT2D eigenvalue weighted by atomic mass is 10.0. The van der Waals surface area contributed by atoms with Gasteiger partial charge < -0.3 is 14.8 Å². The van der Waals surface area contributed by atoms with Crippen molar-refractivity contribution in [2.24, 2.45) is 0 Å². The van der Waals surface area contributed by atoms with Gasteiger partial charge in [0.25, 0.3) is 0 Å². The normalized spacial score (nSPS) is 12.0. The van der Waals surface area contributed by atoms with Gasteiger partial charge in [-0.2, -0.15) is 0 Å². The summed E-state index contributed by atoms with van der Waals surface area (Å²) >= 11 is 0. The molecule has 0 radical (unpaired) electrons. The van der Waals surface area contributed by atoms with Crippen molar-refractivity contribution in [3.63, 3.8) is 0 Å². The number of nitrogens with one attached hydrogen (secondary N) is 1. The summed E-state index contributed by atoms with van der Waals surface area (Å²) in [5.41, 5.74) is 1.31. The van der Waals surface area contributed by atoms with Crippen LogP contribution in [0.5, 0.6) is 0 Å². The number of nitrogens with zero attached hydrogens (tertiary/aromatic N) is 1. The van der Waals surface area contributed by atoms with E-state index in [2.05, 4.69) is 10.3 Å². The molecule has 0 aliphatic heterocycles. The third-order valence-electron chi connectivity index (χ3n) is 5.05. The Bertz CT molecular complexity index is 1420. The highest BCUT2D eigenvalue weighted by molar-refractivity contribution is 5.92. The predicted molar refractivity (Wildman–Crippen MR) is 116 cm³/mol. The summed E-state index contributed by atoms with van der Waals surface area (Å²) in [4.78, 5) is 28.2. The smallest absolute Gasteiger partial charge is 0.356 e. The number of aryl methyl sites for hydroxylation is 1. The minimum atomic E-state index is -1.19. The average molecular weight is 436 g/mol. The van der Waals surface area contributed by atoms with Crippen LogP contribution in [-0.2, 0) is 0 Å². The molecule has 162 valence electrons. The van der Waals surface area contributed by atoms with Gasteiger partial charge in [-0.05, 0) is 49.7 Å². The van der Waals surface area contributed by atoms with Crippen LogP contribution in [0.15, 0.2) is 63.9 Å². The van der Waals surface area contributed by atoms with Gasteiger partial charge in [0, 0.05) is 23.9 Å². The average Bonchev–Trinajstić information content (AvgIpc) is 2.74. The van der Waals surface area contributed by atoms with Gasteiger partial charge in [-0.1, -0.05) is 6.07 Å². The van der Waals surface area contributed by atoms with E-state index in [9.17, 15) is 23.5 Å². The molecule has 0 aliphatic rings. The standard InChI is InChI=1S/C24H18F2N2O4/c1-12-8-16(13(2)28-19-4-3-7-27-22(19)24(30)31)23-17(9-12)20(29)11-21(32-23)15-6-5-14(25)10-18(15)26/h3-11,13,28H,1-2H3,(H,30,31)/t13-/m1/s1. The van der Waals surface area contributed by atoms with Crippen molar-refractivity contribution in [1.82, 2.24) is 4.98 Å². The SMILES string of the molecule is Cc1cc([C@@H](C)Nc2cccnc2C(=O)O)c2oc(-c3ccc(F)cc3F)cc(=O)c2c1. The Hall–Kier alpha value is -4.07. The lowest BCUT2D eigenvalue weighted by Gasteiger charge is -2.19. The first-order valence-electron chi connectivity index (χ1n) is 9.73. The Kier molecular flexibility index (Phi) is 5.44. The number of rotatable bonds is 5. The Morgan fingerprint density at radius 2 is 1.94 bits per heavy atom. The molecule has 8 heteroatoms. The van der Waals surface area contributed by atoms with Gasteiger partial charge in [0.2, 0.25) is 0 Å². The predicted octanol–water partition coefficient (Wildman–Crippen LogP) is 5.31. The van der Waals surface area contributed by atoms with E-state index in [1.807, 2.05) is 6.92 Å². The molecule has 0 fully saturated rings. The molecule has 2 heterocycles. The van der Waals surface area contributed by atoms with Crippen LogP contribution < -0.4 is 10.7 Å². The van der Waals surface area contributed by atoms with Gasteiger partial charge in [-0.25, -0.2) is 18.6 Å². The topological polar surface area (TPSA) is 92.4 Å². The maximum absolute atomic E-state index is 14.3. The fourth-order valence-electron chi connectivity index (χ4n) is 3.58. The van der Waals surface area contributed by atoms with Crippen LogP contribution in [-0.4, -0.2) is 16.1 Å². The fraction of sp³-hybridized carbons (Fsp3) is 0.125. The molecule has 0 aliphatic carbocycles. The number of fused-ring (bicyclic) bond motifs is 1. The number of carboxylic acids is 1. The first kappa shape index (κ1) is 21.2. The number of hydrogen-bond donors (Lipinski definition) is 2. The van der Waals surface area contributed by atoms with Gasteiger partial charge in [-0.15, -0.1) is 0 Å². The number of pyridine rings is 1. The highest BCUT2D eigenvalue weighted by atomic mass is 19.1. The van der Waals surface area contributed by atoms with Crippen LogP contribution >= 0.6 is 0 Å². The van der Waals surface area contributed by atoms with E-state index in [0.29, 0.717) is 16.6 Å². The monoisotopic (exact) mass is 436 g/mol.